The Morgan fingerprint density at radius 2 is 1.95 bits per heavy atom. The first-order chi connectivity index (χ1) is 9.65. The number of benzene rings is 1. The molecule has 3 aliphatic rings. The number of hydrogen-bond acceptors (Lipinski definition) is 2. The highest BCUT2D eigenvalue weighted by molar-refractivity contribution is 9.10. The van der Waals surface area contributed by atoms with Crippen molar-refractivity contribution in [3.63, 3.8) is 0 Å². The molecule has 2 fully saturated rings. The topological polar surface area (TPSA) is 6.48 Å². The number of hydrogen-bond donors (Lipinski definition) is 0. The summed E-state index contributed by atoms with van der Waals surface area (Å²) in [5, 5.41) is 0. The smallest absolute Gasteiger partial charge is 0.0354 e. The fraction of sp³-hybridized carbons (Fsp3) is 0.647. The minimum absolute atomic E-state index is 0.657. The van der Waals surface area contributed by atoms with Crippen molar-refractivity contribution < 1.29 is 0 Å². The predicted octanol–water partition coefficient (Wildman–Crippen LogP) is 3.46. The second-order valence-corrected chi connectivity index (χ2v) is 8.02. The van der Waals surface area contributed by atoms with Gasteiger partial charge in [0.05, 0.1) is 0 Å². The second kappa shape index (κ2) is 4.82. The Morgan fingerprint density at radius 3 is 2.70 bits per heavy atom. The molecule has 2 saturated heterocycles. The lowest BCUT2D eigenvalue weighted by molar-refractivity contribution is -0.0667. The van der Waals surface area contributed by atoms with Crippen LogP contribution in [0.25, 0.3) is 0 Å². The monoisotopic (exact) mass is 334 g/mol. The maximum absolute atomic E-state index is 3.60. The van der Waals surface area contributed by atoms with Crippen LogP contribution < -0.4 is 0 Å². The Bertz CT molecular complexity index is 512. The minimum atomic E-state index is 0.657. The summed E-state index contributed by atoms with van der Waals surface area (Å²) < 4.78 is 1.23. The quantitative estimate of drug-likeness (QED) is 0.775. The van der Waals surface area contributed by atoms with Gasteiger partial charge in [-0.15, -0.1) is 0 Å². The predicted molar refractivity (Wildman–Crippen MR) is 85.9 cm³/mol. The zero-order chi connectivity index (χ0) is 13.7. The van der Waals surface area contributed by atoms with Crippen LogP contribution in [0.4, 0.5) is 0 Å². The molecule has 0 saturated carbocycles. The fourth-order valence-corrected chi connectivity index (χ4v) is 4.80. The third-order valence-electron chi connectivity index (χ3n) is 5.72. The van der Waals surface area contributed by atoms with Gasteiger partial charge in [-0.1, -0.05) is 22.0 Å². The van der Waals surface area contributed by atoms with E-state index in [1.807, 2.05) is 0 Å². The third kappa shape index (κ3) is 2.15. The van der Waals surface area contributed by atoms with E-state index >= 15 is 0 Å². The van der Waals surface area contributed by atoms with Crippen LogP contribution in [-0.2, 0) is 6.42 Å². The molecule has 0 radical (unpaired) electrons. The summed E-state index contributed by atoms with van der Waals surface area (Å²) in [6, 6.07) is 7.57. The molecular weight excluding hydrogens is 312 g/mol. The minimum Gasteiger partial charge on any atom is -0.306 e. The summed E-state index contributed by atoms with van der Waals surface area (Å²) in [6.07, 6.45) is 5.38. The molecular formula is C17H23BrN2. The van der Waals surface area contributed by atoms with Crippen LogP contribution >= 0.6 is 15.9 Å². The number of nitrogens with zero attached hydrogens (tertiary/aromatic N) is 2. The van der Waals surface area contributed by atoms with Gasteiger partial charge in [-0.25, -0.2) is 0 Å². The lowest BCUT2D eigenvalue weighted by Crippen LogP contribution is -2.60. The summed E-state index contributed by atoms with van der Waals surface area (Å²) in [5.74, 6) is 0. The van der Waals surface area contributed by atoms with E-state index < -0.39 is 0 Å². The van der Waals surface area contributed by atoms with Gasteiger partial charge in [-0.05, 0) is 74.5 Å². The van der Waals surface area contributed by atoms with E-state index in [1.165, 1.54) is 56.3 Å². The SMILES string of the molecule is CN1CCC2(CC1)CN(C1CCc3cc(Br)ccc31)C2. The Hall–Kier alpha value is -0.380. The summed E-state index contributed by atoms with van der Waals surface area (Å²) >= 11 is 3.60. The highest BCUT2D eigenvalue weighted by Crippen LogP contribution is 2.47. The Labute approximate surface area is 130 Å². The van der Waals surface area contributed by atoms with Crippen LogP contribution in [0, 0.1) is 5.41 Å². The molecule has 0 bridgehead atoms. The summed E-state index contributed by atoms with van der Waals surface area (Å²) in [5.41, 5.74) is 3.81. The van der Waals surface area contributed by atoms with Crippen LogP contribution in [0.2, 0.25) is 0 Å². The Morgan fingerprint density at radius 1 is 1.20 bits per heavy atom. The molecule has 108 valence electrons. The average Bonchev–Trinajstić information content (AvgIpc) is 2.80. The van der Waals surface area contributed by atoms with Gasteiger partial charge in [0.15, 0.2) is 0 Å². The summed E-state index contributed by atoms with van der Waals surface area (Å²) in [7, 11) is 2.26. The van der Waals surface area contributed by atoms with Crippen LogP contribution in [0.1, 0.15) is 36.4 Å². The first-order valence-corrected chi connectivity index (χ1v) is 8.66. The fourth-order valence-electron chi connectivity index (χ4n) is 4.39. The van der Waals surface area contributed by atoms with E-state index in [-0.39, 0.29) is 0 Å². The van der Waals surface area contributed by atoms with Gasteiger partial charge in [0.2, 0.25) is 0 Å². The van der Waals surface area contributed by atoms with Gasteiger partial charge in [0, 0.05) is 23.6 Å². The molecule has 3 heteroatoms. The molecule has 1 spiro atoms. The first kappa shape index (κ1) is 13.3. The van der Waals surface area contributed by atoms with Gasteiger partial charge in [-0.2, -0.15) is 0 Å². The molecule has 1 aromatic rings. The van der Waals surface area contributed by atoms with Crippen LogP contribution in [0.5, 0.6) is 0 Å². The third-order valence-corrected chi connectivity index (χ3v) is 6.21. The van der Waals surface area contributed by atoms with E-state index in [9.17, 15) is 0 Å². The summed E-state index contributed by atoms with van der Waals surface area (Å²) in [4.78, 5) is 5.22. The highest BCUT2D eigenvalue weighted by atomic mass is 79.9. The number of likely N-dealkylation sites (tertiary alicyclic amines) is 2. The van der Waals surface area contributed by atoms with E-state index in [0.29, 0.717) is 11.5 Å². The zero-order valence-electron chi connectivity index (χ0n) is 12.2. The largest absolute Gasteiger partial charge is 0.306 e. The number of aryl methyl sites for hydroxylation is 1. The molecule has 1 atom stereocenters. The van der Waals surface area contributed by atoms with Gasteiger partial charge in [0.1, 0.15) is 0 Å². The van der Waals surface area contributed by atoms with Gasteiger partial charge >= 0.3 is 0 Å². The highest BCUT2D eigenvalue weighted by Gasteiger charge is 2.47. The van der Waals surface area contributed by atoms with Crippen molar-refractivity contribution in [3.8, 4) is 0 Å². The van der Waals surface area contributed by atoms with Crippen molar-refractivity contribution in [2.45, 2.75) is 31.7 Å². The lowest BCUT2D eigenvalue weighted by atomic mass is 9.71. The lowest BCUT2D eigenvalue weighted by Gasteiger charge is -2.56. The molecule has 1 unspecified atom stereocenters. The van der Waals surface area contributed by atoms with Crippen molar-refractivity contribution in [1.29, 1.82) is 0 Å². The van der Waals surface area contributed by atoms with Crippen molar-refractivity contribution in [2.75, 3.05) is 33.2 Å². The van der Waals surface area contributed by atoms with E-state index in [0.717, 1.165) is 0 Å². The standard InChI is InChI=1S/C17H23BrN2/c1-19-8-6-17(7-9-19)11-20(12-17)16-5-2-13-10-14(18)3-4-15(13)16/h3-4,10,16H,2,5-9,11-12H2,1H3. The van der Waals surface area contributed by atoms with Crippen molar-refractivity contribution in [2.24, 2.45) is 5.41 Å². The zero-order valence-corrected chi connectivity index (χ0v) is 13.8. The normalized spacial score (nSPS) is 29.4. The van der Waals surface area contributed by atoms with Crippen molar-refractivity contribution in [1.82, 2.24) is 9.80 Å². The molecule has 1 aliphatic carbocycles. The van der Waals surface area contributed by atoms with Crippen molar-refractivity contribution in [3.05, 3.63) is 33.8 Å². The van der Waals surface area contributed by atoms with Gasteiger partial charge in [-0.3, -0.25) is 4.90 Å². The van der Waals surface area contributed by atoms with Crippen LogP contribution in [0.15, 0.2) is 22.7 Å². The Kier molecular flexibility index (Phi) is 3.21. The number of piperidine rings is 1. The van der Waals surface area contributed by atoms with Crippen molar-refractivity contribution >= 4 is 15.9 Å². The summed E-state index contributed by atoms with van der Waals surface area (Å²) in [6.45, 7) is 5.26. The first-order valence-electron chi connectivity index (χ1n) is 7.86. The molecule has 0 amide bonds. The molecule has 20 heavy (non-hydrogen) atoms. The molecule has 4 rings (SSSR count). The van der Waals surface area contributed by atoms with E-state index in [2.05, 4.69) is 51.0 Å². The van der Waals surface area contributed by atoms with Crippen LogP contribution in [0.3, 0.4) is 0 Å². The number of rotatable bonds is 1. The number of fused-ring (bicyclic) bond motifs is 1. The molecule has 2 aliphatic heterocycles. The van der Waals surface area contributed by atoms with Gasteiger partial charge < -0.3 is 4.90 Å². The average molecular weight is 335 g/mol. The second-order valence-electron chi connectivity index (χ2n) is 7.11. The molecule has 1 aromatic carbocycles. The van der Waals surface area contributed by atoms with E-state index in [4.69, 9.17) is 0 Å². The molecule has 0 N–H and O–H groups in total. The van der Waals surface area contributed by atoms with E-state index in [1.54, 1.807) is 11.1 Å². The molecule has 0 aromatic heterocycles. The Balaban J connectivity index is 1.45. The maximum atomic E-state index is 3.60. The maximum Gasteiger partial charge on any atom is 0.0354 e. The number of halogens is 1. The molecule has 2 heterocycles. The van der Waals surface area contributed by atoms with Crippen LogP contribution in [-0.4, -0.2) is 43.0 Å². The van der Waals surface area contributed by atoms with Gasteiger partial charge in [0.25, 0.3) is 0 Å². The molecule has 2 nitrogen and oxygen atoms in total.